The van der Waals surface area contributed by atoms with Crippen molar-refractivity contribution in [1.82, 2.24) is 10.6 Å². The summed E-state index contributed by atoms with van der Waals surface area (Å²) >= 11 is 3.17. The first-order valence-corrected chi connectivity index (χ1v) is 5.71. The smallest absolute Gasteiger partial charge is 0.326 e. The lowest BCUT2D eigenvalue weighted by molar-refractivity contribution is -0.115. The number of ether oxygens (including phenoxy) is 1. The van der Waals surface area contributed by atoms with Gasteiger partial charge in [-0.2, -0.15) is 0 Å². The molecule has 1 fully saturated rings. The van der Waals surface area contributed by atoms with Crippen LogP contribution in [0.3, 0.4) is 0 Å². The van der Waals surface area contributed by atoms with E-state index in [9.17, 15) is 14.7 Å². The van der Waals surface area contributed by atoms with Crippen molar-refractivity contribution in [3.8, 4) is 11.5 Å². The summed E-state index contributed by atoms with van der Waals surface area (Å²) in [6, 6.07) is 2.59. The van der Waals surface area contributed by atoms with E-state index in [1.807, 2.05) is 0 Å². The maximum Gasteiger partial charge on any atom is 0.326 e. The standard InChI is InChI=1S/C11H9BrN2O4/c1-18-8-4-5(2-6(12)9(8)15)3-7-10(16)14-11(17)13-7/h2-4,15H,1H3,(H2,13,14,16,17)/b7-3+. The lowest BCUT2D eigenvalue weighted by atomic mass is 10.1. The van der Waals surface area contributed by atoms with Gasteiger partial charge in [0, 0.05) is 0 Å². The maximum absolute atomic E-state index is 11.3. The molecule has 0 aromatic heterocycles. The number of nitrogens with one attached hydrogen (secondary N) is 2. The SMILES string of the molecule is COc1cc(/C=C2/NC(=O)NC2=O)cc(Br)c1O. The number of benzene rings is 1. The number of methoxy groups -OCH3 is 1. The van der Waals surface area contributed by atoms with Crippen molar-refractivity contribution in [3.05, 3.63) is 27.9 Å². The highest BCUT2D eigenvalue weighted by Gasteiger charge is 2.23. The Hall–Kier alpha value is -2.02. The van der Waals surface area contributed by atoms with Crippen LogP contribution in [-0.2, 0) is 4.79 Å². The zero-order valence-electron chi connectivity index (χ0n) is 9.28. The molecule has 0 unspecified atom stereocenters. The van der Waals surface area contributed by atoms with Gasteiger partial charge in [0.05, 0.1) is 11.6 Å². The number of carbonyl (C=O) groups excluding carboxylic acids is 2. The van der Waals surface area contributed by atoms with Crippen molar-refractivity contribution in [2.24, 2.45) is 0 Å². The maximum atomic E-state index is 11.3. The van der Waals surface area contributed by atoms with Gasteiger partial charge in [0.15, 0.2) is 11.5 Å². The quantitative estimate of drug-likeness (QED) is 0.568. The lowest BCUT2D eigenvalue weighted by Crippen LogP contribution is -2.22. The van der Waals surface area contributed by atoms with Crippen molar-refractivity contribution in [1.29, 1.82) is 0 Å². The van der Waals surface area contributed by atoms with Gasteiger partial charge in [0.25, 0.3) is 5.91 Å². The summed E-state index contributed by atoms with van der Waals surface area (Å²) in [6.45, 7) is 0. The molecule has 1 aliphatic rings. The van der Waals surface area contributed by atoms with E-state index in [2.05, 4.69) is 26.6 Å². The Balaban J connectivity index is 2.41. The second-order valence-electron chi connectivity index (χ2n) is 3.52. The van der Waals surface area contributed by atoms with Gasteiger partial charge in [-0.05, 0) is 39.7 Å². The molecule has 94 valence electrons. The van der Waals surface area contributed by atoms with Gasteiger partial charge >= 0.3 is 6.03 Å². The van der Waals surface area contributed by atoms with Crippen LogP contribution in [0.2, 0.25) is 0 Å². The van der Waals surface area contributed by atoms with Crippen molar-refractivity contribution in [3.63, 3.8) is 0 Å². The third-order valence-electron chi connectivity index (χ3n) is 2.30. The number of rotatable bonds is 2. The van der Waals surface area contributed by atoms with Gasteiger partial charge in [0.2, 0.25) is 0 Å². The van der Waals surface area contributed by atoms with Gasteiger partial charge in [0.1, 0.15) is 5.70 Å². The molecule has 6 nitrogen and oxygen atoms in total. The highest BCUT2D eigenvalue weighted by Crippen LogP contribution is 2.35. The van der Waals surface area contributed by atoms with E-state index in [1.165, 1.54) is 13.2 Å². The van der Waals surface area contributed by atoms with Crippen molar-refractivity contribution < 1.29 is 19.4 Å². The molecule has 1 aromatic rings. The molecule has 1 aliphatic heterocycles. The van der Waals surface area contributed by atoms with Gasteiger partial charge in [-0.3, -0.25) is 10.1 Å². The van der Waals surface area contributed by atoms with Gasteiger partial charge < -0.3 is 15.2 Å². The van der Waals surface area contributed by atoms with E-state index in [1.54, 1.807) is 12.1 Å². The summed E-state index contributed by atoms with van der Waals surface area (Å²) < 4.78 is 5.41. The number of hydrogen-bond acceptors (Lipinski definition) is 4. The molecule has 3 N–H and O–H groups in total. The predicted molar refractivity (Wildman–Crippen MR) is 67.0 cm³/mol. The van der Waals surface area contributed by atoms with Crippen LogP contribution in [-0.4, -0.2) is 24.2 Å². The number of imide groups is 1. The van der Waals surface area contributed by atoms with Crippen LogP contribution in [0.5, 0.6) is 11.5 Å². The number of amides is 3. The van der Waals surface area contributed by atoms with Crippen molar-refractivity contribution in [2.75, 3.05) is 7.11 Å². The number of aromatic hydroxyl groups is 1. The summed E-state index contributed by atoms with van der Waals surface area (Å²) in [4.78, 5) is 22.3. The molecule has 0 saturated carbocycles. The topological polar surface area (TPSA) is 87.7 Å². The molecule has 0 aliphatic carbocycles. The number of carbonyl (C=O) groups is 2. The Kier molecular flexibility index (Phi) is 3.24. The summed E-state index contributed by atoms with van der Waals surface area (Å²) in [5.41, 5.74) is 0.739. The third kappa shape index (κ3) is 2.30. The van der Waals surface area contributed by atoms with Gasteiger partial charge in [-0.25, -0.2) is 4.79 Å². The number of hydrogen-bond donors (Lipinski definition) is 3. The summed E-state index contributed by atoms with van der Waals surface area (Å²) in [6.07, 6.45) is 1.48. The number of urea groups is 1. The number of phenols is 1. The first-order chi connectivity index (χ1) is 8.51. The highest BCUT2D eigenvalue weighted by atomic mass is 79.9. The molecule has 2 rings (SSSR count). The molecular weight excluding hydrogens is 304 g/mol. The largest absolute Gasteiger partial charge is 0.503 e. The van der Waals surface area contributed by atoms with Crippen LogP contribution >= 0.6 is 15.9 Å². The Morgan fingerprint density at radius 2 is 2.06 bits per heavy atom. The first-order valence-electron chi connectivity index (χ1n) is 4.92. The first kappa shape index (κ1) is 12.4. The average molecular weight is 313 g/mol. The van der Waals surface area contributed by atoms with Crippen molar-refractivity contribution >= 4 is 33.9 Å². The van der Waals surface area contributed by atoms with E-state index in [0.29, 0.717) is 10.0 Å². The number of phenolic OH excluding ortho intramolecular Hbond substituents is 1. The molecule has 1 saturated heterocycles. The van der Waals surface area contributed by atoms with Gasteiger partial charge in [-0.15, -0.1) is 0 Å². The molecule has 1 aromatic carbocycles. The minimum atomic E-state index is -0.559. The average Bonchev–Trinajstić information content (AvgIpc) is 2.62. The Morgan fingerprint density at radius 3 is 2.61 bits per heavy atom. The fraction of sp³-hybridized carbons (Fsp3) is 0.0909. The fourth-order valence-electron chi connectivity index (χ4n) is 1.48. The Labute approximate surface area is 111 Å². The fourth-order valence-corrected chi connectivity index (χ4v) is 1.94. The monoisotopic (exact) mass is 312 g/mol. The highest BCUT2D eigenvalue weighted by molar-refractivity contribution is 9.10. The van der Waals surface area contributed by atoms with Crippen LogP contribution in [0.25, 0.3) is 6.08 Å². The third-order valence-corrected chi connectivity index (χ3v) is 2.91. The molecule has 0 bridgehead atoms. The minimum Gasteiger partial charge on any atom is -0.503 e. The van der Waals surface area contributed by atoms with E-state index in [0.717, 1.165) is 0 Å². The van der Waals surface area contributed by atoms with Crippen LogP contribution in [0.1, 0.15) is 5.56 Å². The van der Waals surface area contributed by atoms with E-state index >= 15 is 0 Å². The second-order valence-corrected chi connectivity index (χ2v) is 4.37. The molecular formula is C11H9BrN2O4. The molecule has 0 atom stereocenters. The van der Waals surface area contributed by atoms with Crippen LogP contribution < -0.4 is 15.4 Å². The van der Waals surface area contributed by atoms with E-state index < -0.39 is 11.9 Å². The lowest BCUT2D eigenvalue weighted by Gasteiger charge is -2.06. The van der Waals surface area contributed by atoms with Crippen LogP contribution in [0.15, 0.2) is 22.3 Å². The summed E-state index contributed by atoms with van der Waals surface area (Å²) in [7, 11) is 1.42. The van der Waals surface area contributed by atoms with E-state index in [-0.39, 0.29) is 17.2 Å². The normalized spacial score (nSPS) is 16.7. The molecule has 1 heterocycles. The van der Waals surface area contributed by atoms with Crippen LogP contribution in [0, 0.1) is 0 Å². The van der Waals surface area contributed by atoms with E-state index in [4.69, 9.17) is 4.74 Å². The van der Waals surface area contributed by atoms with Crippen LogP contribution in [0.4, 0.5) is 4.79 Å². The summed E-state index contributed by atoms with van der Waals surface area (Å²) in [5.74, 6) is -0.260. The zero-order valence-corrected chi connectivity index (χ0v) is 10.9. The second kappa shape index (κ2) is 4.69. The Bertz CT molecular complexity index is 568. The molecule has 7 heteroatoms. The number of halogens is 1. The molecule has 0 radical (unpaired) electrons. The van der Waals surface area contributed by atoms with Gasteiger partial charge in [-0.1, -0.05) is 0 Å². The zero-order chi connectivity index (χ0) is 13.3. The summed E-state index contributed by atoms with van der Waals surface area (Å²) in [5, 5.41) is 14.1. The van der Waals surface area contributed by atoms with Crippen molar-refractivity contribution in [2.45, 2.75) is 0 Å². The predicted octanol–water partition coefficient (Wildman–Crippen LogP) is 1.34. The molecule has 3 amide bonds. The Morgan fingerprint density at radius 1 is 1.33 bits per heavy atom. The minimum absolute atomic E-state index is 0.0282. The molecule has 0 spiro atoms. The molecule has 18 heavy (non-hydrogen) atoms.